The van der Waals surface area contributed by atoms with E-state index in [9.17, 15) is 9.59 Å². The van der Waals surface area contributed by atoms with Crippen LogP contribution in [0.25, 0.3) is 0 Å². The summed E-state index contributed by atoms with van der Waals surface area (Å²) in [4.78, 5) is 26.6. The lowest BCUT2D eigenvalue weighted by atomic mass is 10.2. The minimum Gasteiger partial charge on any atom is -0.478 e. The zero-order valence-electron chi connectivity index (χ0n) is 11.3. The van der Waals surface area contributed by atoms with Gasteiger partial charge in [0.25, 0.3) is 5.91 Å². The molecule has 6 nitrogen and oxygen atoms in total. The van der Waals surface area contributed by atoms with Crippen LogP contribution in [0.2, 0.25) is 0 Å². The van der Waals surface area contributed by atoms with Crippen LogP contribution in [0.15, 0.2) is 12.1 Å². The van der Waals surface area contributed by atoms with Gasteiger partial charge in [0.2, 0.25) is 0 Å². The van der Waals surface area contributed by atoms with Crippen molar-refractivity contribution in [3.05, 3.63) is 23.5 Å². The third kappa shape index (κ3) is 4.24. The van der Waals surface area contributed by atoms with E-state index in [0.717, 1.165) is 6.42 Å². The van der Waals surface area contributed by atoms with Gasteiger partial charge in [0.05, 0.1) is 0 Å². The first-order valence-corrected chi connectivity index (χ1v) is 6.11. The summed E-state index contributed by atoms with van der Waals surface area (Å²) >= 11 is 0. The first kappa shape index (κ1) is 14.9. The molecule has 0 radical (unpaired) electrons. The summed E-state index contributed by atoms with van der Waals surface area (Å²) in [7, 11) is 0. The van der Waals surface area contributed by atoms with E-state index in [4.69, 9.17) is 9.84 Å². The molecule has 0 aromatic carbocycles. The van der Waals surface area contributed by atoms with Gasteiger partial charge < -0.3 is 15.2 Å². The van der Waals surface area contributed by atoms with Crippen molar-refractivity contribution in [2.45, 2.75) is 33.3 Å². The van der Waals surface area contributed by atoms with Crippen LogP contribution in [0.4, 0.5) is 0 Å². The highest BCUT2D eigenvalue weighted by atomic mass is 16.5. The molecule has 1 rings (SSSR count). The Labute approximate surface area is 111 Å². The van der Waals surface area contributed by atoms with Gasteiger partial charge in [-0.15, -0.1) is 0 Å². The van der Waals surface area contributed by atoms with Gasteiger partial charge in [-0.3, -0.25) is 4.79 Å². The highest BCUT2D eigenvalue weighted by Gasteiger charge is 2.19. The average Bonchev–Trinajstić information content (AvgIpc) is 2.37. The Kier molecular flexibility index (Phi) is 5.29. The molecule has 0 aliphatic rings. The molecule has 0 aliphatic carbocycles. The van der Waals surface area contributed by atoms with E-state index in [1.54, 1.807) is 19.9 Å². The predicted octanol–water partition coefficient (Wildman–Crippen LogP) is 1.38. The van der Waals surface area contributed by atoms with Gasteiger partial charge in [0.15, 0.2) is 17.5 Å². The number of nitrogens with zero attached hydrogens (tertiary/aromatic N) is 1. The third-order valence-electron chi connectivity index (χ3n) is 2.42. The average molecular weight is 266 g/mol. The fraction of sp³-hybridized carbons (Fsp3) is 0.462. The number of carbonyl (C=O) groups excluding carboxylic acids is 1. The van der Waals surface area contributed by atoms with Crippen molar-refractivity contribution >= 4 is 11.9 Å². The van der Waals surface area contributed by atoms with Crippen molar-refractivity contribution in [1.29, 1.82) is 0 Å². The Bertz CT molecular complexity index is 474. The number of hydrogen-bond acceptors (Lipinski definition) is 4. The lowest BCUT2D eigenvalue weighted by Crippen LogP contribution is -2.37. The minimum absolute atomic E-state index is 0.0947. The van der Waals surface area contributed by atoms with Gasteiger partial charge in [0, 0.05) is 12.2 Å². The molecule has 0 saturated carbocycles. The maximum absolute atomic E-state index is 11.7. The van der Waals surface area contributed by atoms with Crippen molar-refractivity contribution < 1.29 is 19.4 Å². The monoisotopic (exact) mass is 266 g/mol. The molecular weight excluding hydrogens is 248 g/mol. The van der Waals surface area contributed by atoms with Crippen LogP contribution < -0.4 is 10.1 Å². The van der Waals surface area contributed by atoms with Crippen LogP contribution in [0.5, 0.6) is 5.75 Å². The van der Waals surface area contributed by atoms with Gasteiger partial charge >= 0.3 is 5.97 Å². The molecule has 2 N–H and O–H groups in total. The van der Waals surface area contributed by atoms with E-state index < -0.39 is 12.1 Å². The smallest absolute Gasteiger partial charge is 0.358 e. The first-order chi connectivity index (χ1) is 8.95. The number of carboxylic acids is 1. The summed E-state index contributed by atoms with van der Waals surface area (Å²) in [5.74, 6) is -1.36. The van der Waals surface area contributed by atoms with Gasteiger partial charge in [-0.05, 0) is 32.4 Å². The van der Waals surface area contributed by atoms with Gasteiger partial charge in [-0.2, -0.15) is 0 Å². The number of aromatic carboxylic acids is 1. The first-order valence-electron chi connectivity index (χ1n) is 6.11. The zero-order chi connectivity index (χ0) is 14.4. The second-order valence-corrected chi connectivity index (χ2v) is 4.16. The SMILES string of the molecule is CCCNC(=O)C(C)Oc1ccc(C)nc1C(=O)O. The van der Waals surface area contributed by atoms with Crippen molar-refractivity contribution in [3.63, 3.8) is 0 Å². The van der Waals surface area contributed by atoms with E-state index >= 15 is 0 Å². The van der Waals surface area contributed by atoms with Crippen LogP contribution in [-0.2, 0) is 4.79 Å². The summed E-state index contributed by atoms with van der Waals surface area (Å²) in [6.07, 6.45) is 0.0550. The van der Waals surface area contributed by atoms with Crippen LogP contribution in [-0.4, -0.2) is 34.6 Å². The molecule has 1 atom stereocenters. The molecule has 1 heterocycles. The highest BCUT2D eigenvalue weighted by Crippen LogP contribution is 2.18. The number of hydrogen-bond donors (Lipinski definition) is 2. The van der Waals surface area contributed by atoms with Crippen LogP contribution in [0, 0.1) is 6.92 Å². The fourth-order valence-electron chi connectivity index (χ4n) is 1.43. The molecule has 0 bridgehead atoms. The summed E-state index contributed by atoms with van der Waals surface area (Å²) in [5, 5.41) is 11.7. The molecule has 1 aromatic rings. The number of ether oxygens (including phenoxy) is 1. The van der Waals surface area contributed by atoms with Crippen LogP contribution in [0.3, 0.4) is 0 Å². The number of carbonyl (C=O) groups is 2. The van der Waals surface area contributed by atoms with Crippen LogP contribution in [0.1, 0.15) is 36.5 Å². The standard InChI is InChI=1S/C13H18N2O4/c1-4-7-14-12(16)9(3)19-10-6-5-8(2)15-11(10)13(17)18/h5-6,9H,4,7H2,1-3H3,(H,14,16)(H,17,18). The minimum atomic E-state index is -1.18. The van der Waals surface area contributed by atoms with E-state index in [0.29, 0.717) is 12.2 Å². The van der Waals surface area contributed by atoms with Crippen molar-refractivity contribution in [2.24, 2.45) is 0 Å². The zero-order valence-corrected chi connectivity index (χ0v) is 11.3. The maximum Gasteiger partial charge on any atom is 0.358 e. The fourth-order valence-corrected chi connectivity index (χ4v) is 1.43. The number of amides is 1. The normalized spacial score (nSPS) is 11.7. The quantitative estimate of drug-likeness (QED) is 0.812. The van der Waals surface area contributed by atoms with Gasteiger partial charge in [-0.1, -0.05) is 6.92 Å². The molecule has 0 spiro atoms. The number of pyridine rings is 1. The van der Waals surface area contributed by atoms with E-state index in [2.05, 4.69) is 10.3 Å². The Morgan fingerprint density at radius 2 is 2.16 bits per heavy atom. The molecule has 6 heteroatoms. The number of rotatable bonds is 6. The summed E-state index contributed by atoms with van der Waals surface area (Å²) in [5.41, 5.74) is 0.392. The van der Waals surface area contributed by atoms with Gasteiger partial charge in [0.1, 0.15) is 0 Å². The van der Waals surface area contributed by atoms with E-state index in [1.165, 1.54) is 6.07 Å². The number of carboxylic acid groups (broad SMARTS) is 1. The number of aryl methyl sites for hydroxylation is 1. The second kappa shape index (κ2) is 6.72. The van der Waals surface area contributed by atoms with E-state index in [-0.39, 0.29) is 17.4 Å². The van der Waals surface area contributed by atoms with Crippen molar-refractivity contribution in [2.75, 3.05) is 6.54 Å². The summed E-state index contributed by atoms with van der Waals surface area (Å²) in [6, 6.07) is 3.15. The molecule has 0 fully saturated rings. The topological polar surface area (TPSA) is 88.5 Å². The number of aromatic nitrogens is 1. The summed E-state index contributed by atoms with van der Waals surface area (Å²) < 4.78 is 5.37. The Balaban J connectivity index is 2.81. The molecule has 1 aromatic heterocycles. The van der Waals surface area contributed by atoms with Crippen molar-refractivity contribution in [3.8, 4) is 5.75 Å². The Morgan fingerprint density at radius 1 is 1.47 bits per heavy atom. The van der Waals surface area contributed by atoms with Crippen molar-refractivity contribution in [1.82, 2.24) is 10.3 Å². The third-order valence-corrected chi connectivity index (χ3v) is 2.42. The highest BCUT2D eigenvalue weighted by molar-refractivity contribution is 5.89. The molecule has 0 saturated heterocycles. The Hall–Kier alpha value is -2.11. The predicted molar refractivity (Wildman–Crippen MR) is 69.3 cm³/mol. The largest absolute Gasteiger partial charge is 0.478 e. The lowest BCUT2D eigenvalue weighted by Gasteiger charge is -2.15. The number of nitrogens with one attached hydrogen (secondary N) is 1. The lowest BCUT2D eigenvalue weighted by molar-refractivity contribution is -0.127. The molecule has 1 unspecified atom stereocenters. The molecule has 1 amide bonds. The summed E-state index contributed by atoms with van der Waals surface area (Å²) in [6.45, 7) is 5.76. The van der Waals surface area contributed by atoms with Crippen LogP contribution >= 0.6 is 0 Å². The molecule has 104 valence electrons. The molecule has 19 heavy (non-hydrogen) atoms. The second-order valence-electron chi connectivity index (χ2n) is 4.16. The maximum atomic E-state index is 11.7. The van der Waals surface area contributed by atoms with Gasteiger partial charge in [-0.25, -0.2) is 9.78 Å². The van der Waals surface area contributed by atoms with E-state index in [1.807, 2.05) is 6.92 Å². The molecule has 0 aliphatic heterocycles. The molecular formula is C13H18N2O4. The Morgan fingerprint density at radius 3 is 2.74 bits per heavy atom.